The van der Waals surface area contributed by atoms with Gasteiger partial charge in [0.1, 0.15) is 12.4 Å². The van der Waals surface area contributed by atoms with Crippen LogP contribution in [-0.4, -0.2) is 38.3 Å². The third-order valence-corrected chi connectivity index (χ3v) is 2.25. The van der Waals surface area contributed by atoms with Gasteiger partial charge in [-0.1, -0.05) is 6.07 Å². The van der Waals surface area contributed by atoms with Crippen LogP contribution in [0.4, 0.5) is 5.69 Å². The number of benzene rings is 1. The maximum atomic E-state index is 11.6. The van der Waals surface area contributed by atoms with Gasteiger partial charge in [-0.2, -0.15) is 0 Å². The van der Waals surface area contributed by atoms with E-state index in [1.807, 2.05) is 13.8 Å². The van der Waals surface area contributed by atoms with Crippen molar-refractivity contribution >= 4 is 17.6 Å². The highest BCUT2D eigenvalue weighted by atomic mass is 16.6. The Balaban J connectivity index is 2.50. The lowest BCUT2D eigenvalue weighted by Gasteiger charge is -2.10. The van der Waals surface area contributed by atoms with Crippen molar-refractivity contribution < 1.29 is 23.8 Å². The van der Waals surface area contributed by atoms with Crippen LogP contribution in [-0.2, 0) is 19.1 Å². The quantitative estimate of drug-likeness (QED) is 0.768. The number of ether oxygens (including phenoxy) is 3. The fourth-order valence-corrected chi connectivity index (χ4v) is 1.30. The van der Waals surface area contributed by atoms with Gasteiger partial charge in [-0.15, -0.1) is 0 Å². The summed E-state index contributed by atoms with van der Waals surface area (Å²) in [5.74, 6) is -0.244. The number of hydrogen-bond donors (Lipinski definition) is 1. The molecular weight excluding hydrogens is 262 g/mol. The van der Waals surface area contributed by atoms with E-state index in [-0.39, 0.29) is 25.2 Å². The second-order valence-electron chi connectivity index (χ2n) is 4.30. The van der Waals surface area contributed by atoms with E-state index >= 15 is 0 Å². The summed E-state index contributed by atoms with van der Waals surface area (Å²) in [5, 5.41) is 2.68. The van der Waals surface area contributed by atoms with Crippen molar-refractivity contribution in [2.75, 3.05) is 25.6 Å². The van der Waals surface area contributed by atoms with Crippen molar-refractivity contribution in [3.63, 3.8) is 0 Å². The second kappa shape index (κ2) is 8.16. The maximum absolute atomic E-state index is 11.6. The molecular formula is C14H19NO5. The van der Waals surface area contributed by atoms with Gasteiger partial charge in [0, 0.05) is 11.8 Å². The molecule has 110 valence electrons. The molecule has 1 aromatic carbocycles. The molecule has 0 saturated carbocycles. The number of methoxy groups -OCH3 is 1. The maximum Gasteiger partial charge on any atom is 0.343 e. The van der Waals surface area contributed by atoms with Crippen LogP contribution in [0.5, 0.6) is 5.75 Å². The smallest absolute Gasteiger partial charge is 0.343 e. The molecule has 20 heavy (non-hydrogen) atoms. The Labute approximate surface area is 118 Å². The third-order valence-electron chi connectivity index (χ3n) is 2.25. The molecule has 0 aliphatic rings. The van der Waals surface area contributed by atoms with E-state index in [0.717, 1.165) is 0 Å². The molecule has 6 heteroatoms. The van der Waals surface area contributed by atoms with Crippen molar-refractivity contribution in [1.29, 1.82) is 0 Å². The fraction of sp³-hybridized carbons (Fsp3) is 0.429. The van der Waals surface area contributed by atoms with Crippen molar-refractivity contribution in [1.82, 2.24) is 0 Å². The highest BCUT2D eigenvalue weighted by Crippen LogP contribution is 2.17. The molecule has 6 nitrogen and oxygen atoms in total. The van der Waals surface area contributed by atoms with Crippen LogP contribution in [0.25, 0.3) is 0 Å². The molecule has 0 unspecified atom stereocenters. The zero-order valence-corrected chi connectivity index (χ0v) is 11.8. The van der Waals surface area contributed by atoms with Crippen molar-refractivity contribution in [3.05, 3.63) is 24.3 Å². The Kier molecular flexibility index (Phi) is 6.52. The molecule has 0 aliphatic carbocycles. The monoisotopic (exact) mass is 281 g/mol. The van der Waals surface area contributed by atoms with Gasteiger partial charge in [0.05, 0.1) is 13.2 Å². The molecule has 1 aromatic rings. The van der Waals surface area contributed by atoms with Crippen molar-refractivity contribution in [3.8, 4) is 5.75 Å². The molecule has 0 bridgehead atoms. The minimum absolute atomic E-state index is 0.00419. The number of esters is 1. The lowest BCUT2D eigenvalue weighted by atomic mass is 10.3. The number of rotatable bonds is 7. The van der Waals surface area contributed by atoms with Gasteiger partial charge in [0.15, 0.2) is 6.61 Å². The zero-order chi connectivity index (χ0) is 15.0. The van der Waals surface area contributed by atoms with Crippen LogP contribution in [0.15, 0.2) is 24.3 Å². The zero-order valence-electron chi connectivity index (χ0n) is 11.8. The SMILES string of the molecule is COC(=O)COc1cccc(NC(=O)COC(C)C)c1. The highest BCUT2D eigenvalue weighted by molar-refractivity contribution is 5.91. The van der Waals surface area contributed by atoms with E-state index in [1.165, 1.54) is 7.11 Å². The predicted octanol–water partition coefficient (Wildman–Crippen LogP) is 1.60. The molecule has 0 aliphatic heterocycles. The standard InChI is InChI=1S/C14H19NO5/c1-10(2)19-8-13(16)15-11-5-4-6-12(7-11)20-9-14(17)18-3/h4-7,10H,8-9H2,1-3H3,(H,15,16). The summed E-state index contributed by atoms with van der Waals surface area (Å²) < 4.78 is 14.9. The van der Waals surface area contributed by atoms with Gasteiger partial charge in [-0.3, -0.25) is 4.79 Å². The Morgan fingerprint density at radius 1 is 1.25 bits per heavy atom. The number of carbonyl (C=O) groups excluding carboxylic acids is 2. The topological polar surface area (TPSA) is 73.9 Å². The number of amides is 1. The van der Waals surface area contributed by atoms with E-state index < -0.39 is 5.97 Å². The molecule has 1 amide bonds. The van der Waals surface area contributed by atoms with Crippen molar-refractivity contribution in [2.45, 2.75) is 20.0 Å². The first-order valence-electron chi connectivity index (χ1n) is 6.22. The minimum Gasteiger partial charge on any atom is -0.482 e. The van der Waals surface area contributed by atoms with E-state index in [2.05, 4.69) is 10.1 Å². The predicted molar refractivity (Wildman–Crippen MR) is 73.7 cm³/mol. The van der Waals surface area contributed by atoms with Crippen LogP contribution < -0.4 is 10.1 Å². The summed E-state index contributed by atoms with van der Waals surface area (Å²) in [5.41, 5.74) is 0.574. The molecule has 0 saturated heterocycles. The summed E-state index contributed by atoms with van der Waals surface area (Å²) in [4.78, 5) is 22.6. The molecule has 1 N–H and O–H groups in total. The van der Waals surface area contributed by atoms with Gasteiger partial charge in [0.2, 0.25) is 5.91 Å². The number of hydrogen-bond acceptors (Lipinski definition) is 5. The number of nitrogens with one attached hydrogen (secondary N) is 1. The van der Waals surface area contributed by atoms with Crippen LogP contribution in [0.2, 0.25) is 0 Å². The van der Waals surface area contributed by atoms with Crippen molar-refractivity contribution in [2.24, 2.45) is 0 Å². The molecule has 0 radical (unpaired) electrons. The Morgan fingerprint density at radius 3 is 2.65 bits per heavy atom. The van der Waals surface area contributed by atoms with Gasteiger partial charge < -0.3 is 19.5 Å². The molecule has 1 rings (SSSR count). The second-order valence-corrected chi connectivity index (χ2v) is 4.30. The number of anilines is 1. The average molecular weight is 281 g/mol. The highest BCUT2D eigenvalue weighted by Gasteiger charge is 2.06. The minimum atomic E-state index is -0.468. The Bertz CT molecular complexity index is 459. The first-order chi connectivity index (χ1) is 9.51. The van der Waals surface area contributed by atoms with E-state index in [9.17, 15) is 9.59 Å². The van der Waals surface area contributed by atoms with Gasteiger partial charge in [-0.05, 0) is 26.0 Å². The van der Waals surface area contributed by atoms with Gasteiger partial charge >= 0.3 is 5.97 Å². The van der Waals surface area contributed by atoms with Crippen LogP contribution in [0, 0.1) is 0 Å². The summed E-state index contributed by atoms with van der Waals surface area (Å²) in [6.45, 7) is 3.53. The molecule has 0 spiro atoms. The normalized spacial score (nSPS) is 10.2. The van der Waals surface area contributed by atoms with Crippen LogP contribution in [0.1, 0.15) is 13.8 Å². The van der Waals surface area contributed by atoms with E-state index in [4.69, 9.17) is 9.47 Å². The Morgan fingerprint density at radius 2 is 2.00 bits per heavy atom. The summed E-state index contributed by atoms with van der Waals surface area (Å²) in [7, 11) is 1.29. The summed E-state index contributed by atoms with van der Waals surface area (Å²) in [6.07, 6.45) is -0.00419. The van der Waals surface area contributed by atoms with E-state index in [0.29, 0.717) is 11.4 Å². The molecule has 0 atom stereocenters. The largest absolute Gasteiger partial charge is 0.482 e. The summed E-state index contributed by atoms with van der Waals surface area (Å²) in [6, 6.07) is 6.74. The lowest BCUT2D eigenvalue weighted by molar-refractivity contribution is -0.142. The lowest BCUT2D eigenvalue weighted by Crippen LogP contribution is -2.20. The van der Waals surface area contributed by atoms with E-state index in [1.54, 1.807) is 24.3 Å². The average Bonchev–Trinajstić information content (AvgIpc) is 2.43. The summed E-state index contributed by atoms with van der Waals surface area (Å²) >= 11 is 0. The molecule has 0 fully saturated rings. The van der Waals surface area contributed by atoms with Gasteiger partial charge in [0.25, 0.3) is 0 Å². The van der Waals surface area contributed by atoms with Crippen LogP contribution in [0.3, 0.4) is 0 Å². The first kappa shape index (κ1) is 16.0. The molecule has 0 heterocycles. The molecule has 0 aromatic heterocycles. The Hall–Kier alpha value is -2.08. The third kappa shape index (κ3) is 6.19. The van der Waals surface area contributed by atoms with Gasteiger partial charge in [-0.25, -0.2) is 4.79 Å². The fourth-order valence-electron chi connectivity index (χ4n) is 1.30. The van der Waals surface area contributed by atoms with Crippen LogP contribution >= 0.6 is 0 Å². The first-order valence-corrected chi connectivity index (χ1v) is 6.22. The number of carbonyl (C=O) groups is 2.